The molecule has 292 valence electrons. The van der Waals surface area contributed by atoms with E-state index in [9.17, 15) is 0 Å². The zero-order valence-corrected chi connectivity index (χ0v) is 34.8. The normalized spacial score (nSPS) is 10.4. The molecule has 0 fully saturated rings. The Morgan fingerprint density at radius 1 is 0.327 bits per heavy atom. The van der Waals surface area contributed by atoms with E-state index in [1.54, 1.807) is 24.8 Å². The Labute approximate surface area is 330 Å². The summed E-state index contributed by atoms with van der Waals surface area (Å²) in [5, 5.41) is 4.55. The lowest BCUT2D eigenvalue weighted by Gasteiger charge is -2.05. The van der Waals surface area contributed by atoms with Crippen molar-refractivity contribution in [3.8, 4) is 0 Å². The Balaban J connectivity index is 0.000000196. The average Bonchev–Trinajstić information content (AvgIpc) is 3.24. The highest BCUT2D eigenvalue weighted by atomic mass is 15.0. The number of nitrogens with zero attached hydrogens (tertiary/aromatic N) is 7. The number of hydrogen-bond acceptors (Lipinski definition) is 7. The topological polar surface area (TPSA) is 90.2 Å². The molecule has 5 aromatic heterocycles. The van der Waals surface area contributed by atoms with Crippen molar-refractivity contribution in [3.63, 3.8) is 0 Å². The SMILES string of the molecule is CCCCC.CCCCCC.CCCCCc1nc(CC)nc(CCC)n1.c1cnc2c(c1)ccc1cccnc12.c1cnc2c(c1)ccc1cccnc12. The van der Waals surface area contributed by atoms with E-state index in [1.807, 2.05) is 24.3 Å². The molecule has 0 atom stereocenters. The van der Waals surface area contributed by atoms with Gasteiger partial charge in [-0.05, 0) is 37.1 Å². The third kappa shape index (κ3) is 15.4. The molecule has 0 radical (unpaired) electrons. The second-order valence-electron chi connectivity index (χ2n) is 13.6. The van der Waals surface area contributed by atoms with E-state index in [4.69, 9.17) is 0 Å². The van der Waals surface area contributed by atoms with Crippen molar-refractivity contribution >= 4 is 43.6 Å². The van der Waals surface area contributed by atoms with E-state index in [0.717, 1.165) is 86.8 Å². The Kier molecular flexibility index (Phi) is 21.7. The van der Waals surface area contributed by atoms with Crippen LogP contribution in [-0.2, 0) is 19.3 Å². The summed E-state index contributed by atoms with van der Waals surface area (Å²) < 4.78 is 0. The summed E-state index contributed by atoms with van der Waals surface area (Å²) in [5.41, 5.74) is 3.91. The summed E-state index contributed by atoms with van der Waals surface area (Å²) >= 11 is 0. The molecule has 5 heterocycles. The Morgan fingerprint density at radius 2 is 0.655 bits per heavy atom. The van der Waals surface area contributed by atoms with Gasteiger partial charge in [-0.15, -0.1) is 0 Å². The fourth-order valence-electron chi connectivity index (χ4n) is 5.87. The molecule has 0 saturated heterocycles. The summed E-state index contributed by atoms with van der Waals surface area (Å²) in [4.78, 5) is 30.8. The molecule has 0 saturated carbocycles. The van der Waals surface area contributed by atoms with Gasteiger partial charge in [-0.3, -0.25) is 19.9 Å². The van der Waals surface area contributed by atoms with Gasteiger partial charge in [-0.2, -0.15) is 0 Å². The molecule has 0 aliphatic carbocycles. The van der Waals surface area contributed by atoms with Crippen LogP contribution in [-0.4, -0.2) is 34.9 Å². The molecule has 0 amide bonds. The van der Waals surface area contributed by atoms with Crippen LogP contribution in [0.25, 0.3) is 43.6 Å². The highest BCUT2D eigenvalue weighted by Crippen LogP contribution is 2.21. The molecule has 7 rings (SSSR count). The van der Waals surface area contributed by atoms with Crippen molar-refractivity contribution in [1.82, 2.24) is 34.9 Å². The molecular weight excluding hydrogens is 675 g/mol. The van der Waals surface area contributed by atoms with E-state index >= 15 is 0 Å². The molecule has 0 unspecified atom stereocenters. The van der Waals surface area contributed by atoms with E-state index < -0.39 is 0 Å². The van der Waals surface area contributed by atoms with Crippen LogP contribution in [0.2, 0.25) is 0 Å². The van der Waals surface area contributed by atoms with E-state index in [2.05, 4.69) is 132 Å². The van der Waals surface area contributed by atoms with E-state index in [-0.39, 0.29) is 0 Å². The molecule has 7 aromatic rings. The number of rotatable bonds is 12. The van der Waals surface area contributed by atoms with Gasteiger partial charge < -0.3 is 0 Å². The van der Waals surface area contributed by atoms with Crippen LogP contribution in [0.1, 0.15) is 137 Å². The summed E-state index contributed by atoms with van der Waals surface area (Å²) in [6.07, 6.45) is 24.5. The van der Waals surface area contributed by atoms with Crippen LogP contribution in [0.5, 0.6) is 0 Å². The molecule has 0 aliphatic heterocycles. The number of aryl methyl sites for hydroxylation is 3. The predicted octanol–water partition coefficient (Wildman–Crippen LogP) is 13.5. The fourth-order valence-corrected chi connectivity index (χ4v) is 5.87. The van der Waals surface area contributed by atoms with Crippen molar-refractivity contribution in [2.75, 3.05) is 0 Å². The zero-order chi connectivity index (χ0) is 39.5. The lowest BCUT2D eigenvalue weighted by Crippen LogP contribution is -2.07. The monoisotopic (exact) mass is 740 g/mol. The second kappa shape index (κ2) is 26.8. The number of fused-ring (bicyclic) bond motifs is 6. The summed E-state index contributed by atoms with van der Waals surface area (Å²) in [7, 11) is 0. The molecule has 2 aromatic carbocycles. The molecule has 7 heteroatoms. The maximum atomic E-state index is 4.52. The molecule has 7 nitrogen and oxygen atoms in total. The smallest absolute Gasteiger partial charge is 0.132 e. The van der Waals surface area contributed by atoms with Crippen molar-refractivity contribution < 1.29 is 0 Å². The zero-order valence-electron chi connectivity index (χ0n) is 34.8. The maximum absolute atomic E-state index is 4.52. The van der Waals surface area contributed by atoms with Gasteiger partial charge in [0, 0.05) is 65.6 Å². The first-order valence-electron chi connectivity index (χ1n) is 20.9. The van der Waals surface area contributed by atoms with Crippen molar-refractivity contribution in [2.45, 2.75) is 138 Å². The van der Waals surface area contributed by atoms with Gasteiger partial charge >= 0.3 is 0 Å². The van der Waals surface area contributed by atoms with Gasteiger partial charge in [-0.25, -0.2) is 15.0 Å². The number of unbranched alkanes of at least 4 members (excludes halogenated alkanes) is 7. The first-order chi connectivity index (χ1) is 27.0. The largest absolute Gasteiger partial charge is 0.254 e. The second-order valence-corrected chi connectivity index (χ2v) is 13.6. The van der Waals surface area contributed by atoms with E-state index in [0.29, 0.717) is 0 Å². The van der Waals surface area contributed by atoms with Crippen LogP contribution < -0.4 is 0 Å². The van der Waals surface area contributed by atoms with Crippen LogP contribution in [0.4, 0.5) is 0 Å². The van der Waals surface area contributed by atoms with Gasteiger partial charge in [0.25, 0.3) is 0 Å². The highest BCUT2D eigenvalue weighted by Gasteiger charge is 2.05. The third-order valence-corrected chi connectivity index (χ3v) is 8.92. The van der Waals surface area contributed by atoms with Gasteiger partial charge in [0.15, 0.2) is 0 Å². The number of hydrogen-bond donors (Lipinski definition) is 0. The Bertz CT molecular complexity index is 1850. The van der Waals surface area contributed by atoms with Crippen molar-refractivity contribution in [2.24, 2.45) is 0 Å². The minimum atomic E-state index is 0.903. The first kappa shape index (κ1) is 44.5. The van der Waals surface area contributed by atoms with Gasteiger partial charge in [0.2, 0.25) is 0 Å². The van der Waals surface area contributed by atoms with Crippen LogP contribution >= 0.6 is 0 Å². The molecule has 0 N–H and O–H groups in total. The highest BCUT2D eigenvalue weighted by molar-refractivity contribution is 6.03. The quantitative estimate of drug-likeness (QED) is 0.0910. The molecule has 0 bridgehead atoms. The fraction of sp³-hybridized carbons (Fsp3) is 0.438. The third-order valence-electron chi connectivity index (χ3n) is 8.92. The van der Waals surface area contributed by atoms with Crippen LogP contribution in [0, 0.1) is 0 Å². The molecular formula is C48H65N7. The first-order valence-corrected chi connectivity index (χ1v) is 20.9. The maximum Gasteiger partial charge on any atom is 0.132 e. The summed E-state index contributed by atoms with van der Waals surface area (Å²) in [6.45, 7) is 15.4. The van der Waals surface area contributed by atoms with Crippen LogP contribution in [0.3, 0.4) is 0 Å². The molecule has 0 aliphatic rings. The average molecular weight is 740 g/mol. The van der Waals surface area contributed by atoms with E-state index in [1.165, 1.54) is 64.2 Å². The Hall–Kier alpha value is -4.91. The number of pyridine rings is 4. The number of benzene rings is 2. The van der Waals surface area contributed by atoms with Crippen LogP contribution in [0.15, 0.2) is 97.6 Å². The van der Waals surface area contributed by atoms with Crippen molar-refractivity contribution in [3.05, 3.63) is 115 Å². The predicted molar refractivity (Wildman–Crippen MR) is 236 cm³/mol. The molecule has 55 heavy (non-hydrogen) atoms. The minimum Gasteiger partial charge on any atom is -0.254 e. The van der Waals surface area contributed by atoms with Gasteiger partial charge in [0.05, 0.1) is 22.1 Å². The van der Waals surface area contributed by atoms with Gasteiger partial charge in [0.1, 0.15) is 17.5 Å². The minimum absolute atomic E-state index is 0.903. The Morgan fingerprint density at radius 3 is 0.964 bits per heavy atom. The van der Waals surface area contributed by atoms with Crippen molar-refractivity contribution in [1.29, 1.82) is 0 Å². The lowest BCUT2D eigenvalue weighted by atomic mass is 10.1. The van der Waals surface area contributed by atoms with Gasteiger partial charge in [-0.1, -0.05) is 155 Å². The number of aromatic nitrogens is 7. The summed E-state index contributed by atoms with van der Waals surface area (Å²) in [6, 6.07) is 24.3. The standard InChI is InChI=1S/C13H23N3.2C12H8N2.C6H14.C5H12/c1-4-7-8-10-13-15-11(6-3)14-12(16-13)9-5-2;2*1-3-9-5-6-10-4-2-8-14-12(10)11(9)13-7-1;1-3-5-6-4-2;1-3-5-4-2/h4-10H2,1-3H3;2*1-8H;3-6H2,1-2H3;3-5H2,1-2H3. The molecule has 0 spiro atoms. The lowest BCUT2D eigenvalue weighted by molar-refractivity contribution is 0.667. The summed E-state index contributed by atoms with van der Waals surface area (Å²) in [5.74, 6) is 2.91.